The number of nitrogens with zero attached hydrogens (tertiary/aromatic N) is 4. The Morgan fingerprint density at radius 1 is 1.16 bits per heavy atom. The van der Waals surface area contributed by atoms with E-state index in [1.165, 1.54) is 31.4 Å². The largest absolute Gasteiger partial charge is 0.494 e. The van der Waals surface area contributed by atoms with Crippen molar-refractivity contribution >= 4 is 11.5 Å². The van der Waals surface area contributed by atoms with Crippen LogP contribution < -0.4 is 10.1 Å². The molecule has 10 heteroatoms. The van der Waals surface area contributed by atoms with Crippen molar-refractivity contribution in [1.82, 2.24) is 19.8 Å². The van der Waals surface area contributed by atoms with Crippen LogP contribution in [0, 0.1) is 5.82 Å². The number of methoxy groups -OCH3 is 1. The van der Waals surface area contributed by atoms with Crippen molar-refractivity contribution in [1.29, 1.82) is 0 Å². The lowest BCUT2D eigenvalue weighted by molar-refractivity contribution is -0.146. The van der Waals surface area contributed by atoms with E-state index < -0.39 is 23.9 Å². The van der Waals surface area contributed by atoms with Crippen molar-refractivity contribution < 1.29 is 22.3 Å². The second-order valence-corrected chi connectivity index (χ2v) is 5.27. The van der Waals surface area contributed by atoms with Crippen molar-refractivity contribution in [3.63, 3.8) is 0 Å². The van der Waals surface area contributed by atoms with Gasteiger partial charge in [-0.15, -0.1) is 15.3 Å². The number of hydrogen-bond donors (Lipinski definition) is 1. The van der Waals surface area contributed by atoms with Crippen LogP contribution in [0.3, 0.4) is 0 Å². The molecule has 25 heavy (non-hydrogen) atoms. The first-order chi connectivity index (χ1) is 11.8. The molecule has 3 aromatic rings. The van der Waals surface area contributed by atoms with Gasteiger partial charge in [-0.2, -0.15) is 17.7 Å². The molecule has 6 nitrogen and oxygen atoms in total. The monoisotopic (exact) mass is 355 g/mol. The molecule has 2 heterocycles. The van der Waals surface area contributed by atoms with E-state index in [-0.39, 0.29) is 17.2 Å². The number of ether oxygens (including phenoxy) is 1. The van der Waals surface area contributed by atoms with Gasteiger partial charge in [0.1, 0.15) is 5.82 Å². The SMILES string of the molecule is COc1ccc([C@H](C)Nc2ccc3nnc(C(F)(F)F)n3n2)cc1F. The lowest BCUT2D eigenvalue weighted by atomic mass is 10.1. The van der Waals surface area contributed by atoms with Crippen LogP contribution in [0.1, 0.15) is 24.4 Å². The predicted octanol–water partition coefficient (Wildman–Crippen LogP) is 3.46. The summed E-state index contributed by atoms with van der Waals surface area (Å²) >= 11 is 0. The zero-order valence-electron chi connectivity index (χ0n) is 13.2. The molecular weight excluding hydrogens is 342 g/mol. The Hall–Kier alpha value is -2.91. The Morgan fingerprint density at radius 3 is 2.56 bits per heavy atom. The molecule has 0 aliphatic carbocycles. The molecule has 0 radical (unpaired) electrons. The minimum atomic E-state index is -4.67. The summed E-state index contributed by atoms with van der Waals surface area (Å²) in [6.45, 7) is 1.73. The summed E-state index contributed by atoms with van der Waals surface area (Å²) < 4.78 is 57.9. The van der Waals surface area contributed by atoms with E-state index in [1.54, 1.807) is 13.0 Å². The Labute approximate surface area is 139 Å². The molecule has 0 saturated heterocycles. The van der Waals surface area contributed by atoms with Crippen molar-refractivity contribution in [2.45, 2.75) is 19.1 Å². The maximum atomic E-state index is 13.8. The number of fused-ring (bicyclic) bond motifs is 1. The standard InChI is InChI=1S/C15H13F4N5O/c1-8(9-3-4-11(25-2)10(16)7-9)20-12-5-6-13-21-22-14(15(17,18)19)24(13)23-12/h3-8H,1-2H3,(H,20,23)/t8-/m0/s1. The summed E-state index contributed by atoms with van der Waals surface area (Å²) in [5.74, 6) is -1.47. The van der Waals surface area contributed by atoms with Gasteiger partial charge in [0, 0.05) is 0 Å². The number of aromatic nitrogens is 4. The van der Waals surface area contributed by atoms with Gasteiger partial charge in [0.15, 0.2) is 17.2 Å². The molecule has 1 N–H and O–H groups in total. The number of halogens is 4. The highest BCUT2D eigenvalue weighted by molar-refractivity contribution is 5.46. The predicted molar refractivity (Wildman–Crippen MR) is 80.8 cm³/mol. The molecule has 0 aliphatic heterocycles. The molecule has 0 saturated carbocycles. The molecule has 0 aliphatic rings. The first-order valence-corrected chi connectivity index (χ1v) is 7.19. The first-order valence-electron chi connectivity index (χ1n) is 7.19. The van der Waals surface area contributed by atoms with Crippen molar-refractivity contribution in [3.8, 4) is 5.75 Å². The topological polar surface area (TPSA) is 64.3 Å². The highest BCUT2D eigenvalue weighted by Crippen LogP contribution is 2.28. The van der Waals surface area contributed by atoms with E-state index in [0.717, 1.165) is 0 Å². The van der Waals surface area contributed by atoms with E-state index in [1.807, 2.05) is 0 Å². The molecule has 132 valence electrons. The minimum absolute atomic E-state index is 0.0268. The smallest absolute Gasteiger partial charge is 0.453 e. The fourth-order valence-electron chi connectivity index (χ4n) is 2.30. The Balaban J connectivity index is 1.88. The van der Waals surface area contributed by atoms with Crippen LogP contribution in [0.5, 0.6) is 5.75 Å². The van der Waals surface area contributed by atoms with Crippen molar-refractivity contribution in [2.75, 3.05) is 12.4 Å². The summed E-state index contributed by atoms with van der Waals surface area (Å²) in [6.07, 6.45) is -4.67. The lowest BCUT2D eigenvalue weighted by Gasteiger charge is -2.16. The molecule has 2 aromatic heterocycles. The first kappa shape index (κ1) is 16.9. The van der Waals surface area contributed by atoms with Gasteiger partial charge in [0.2, 0.25) is 0 Å². The van der Waals surface area contributed by atoms with Crippen LogP contribution in [0.2, 0.25) is 0 Å². The normalized spacial score (nSPS) is 13.0. The average molecular weight is 355 g/mol. The Morgan fingerprint density at radius 2 is 1.92 bits per heavy atom. The number of alkyl halides is 3. The van der Waals surface area contributed by atoms with Gasteiger partial charge >= 0.3 is 6.18 Å². The van der Waals surface area contributed by atoms with Crippen LogP contribution in [0.15, 0.2) is 30.3 Å². The fourth-order valence-corrected chi connectivity index (χ4v) is 2.30. The van der Waals surface area contributed by atoms with Gasteiger partial charge in [-0.25, -0.2) is 4.39 Å². The number of rotatable bonds is 4. The average Bonchev–Trinajstić information content (AvgIpc) is 2.98. The van der Waals surface area contributed by atoms with Crippen molar-refractivity contribution in [3.05, 3.63) is 47.5 Å². The Kier molecular flexibility index (Phi) is 4.19. The van der Waals surface area contributed by atoms with Crippen molar-refractivity contribution in [2.24, 2.45) is 0 Å². The quantitative estimate of drug-likeness (QED) is 0.726. The van der Waals surface area contributed by atoms with E-state index >= 15 is 0 Å². The van der Waals surface area contributed by atoms with Crippen LogP contribution in [-0.2, 0) is 6.18 Å². The van der Waals surface area contributed by atoms with Gasteiger partial charge in [0.05, 0.1) is 13.2 Å². The summed E-state index contributed by atoms with van der Waals surface area (Å²) in [7, 11) is 1.36. The summed E-state index contributed by atoms with van der Waals surface area (Å²) in [5, 5.41) is 13.3. The molecule has 3 rings (SSSR count). The van der Waals surface area contributed by atoms with Crippen LogP contribution >= 0.6 is 0 Å². The summed E-state index contributed by atoms with van der Waals surface area (Å²) in [6, 6.07) is 6.84. The molecule has 0 amide bonds. The van der Waals surface area contributed by atoms with Gasteiger partial charge in [0.25, 0.3) is 5.82 Å². The van der Waals surface area contributed by atoms with Gasteiger partial charge < -0.3 is 10.1 Å². The zero-order valence-corrected chi connectivity index (χ0v) is 13.2. The van der Waals surface area contributed by atoms with Crippen LogP contribution in [0.4, 0.5) is 23.4 Å². The van der Waals surface area contributed by atoms with Gasteiger partial charge in [-0.05, 0) is 36.8 Å². The molecule has 0 spiro atoms. The third kappa shape index (κ3) is 3.32. The zero-order chi connectivity index (χ0) is 18.2. The number of anilines is 1. The maximum Gasteiger partial charge on any atom is 0.453 e. The highest BCUT2D eigenvalue weighted by Gasteiger charge is 2.37. The van der Waals surface area contributed by atoms with Gasteiger partial charge in [-0.3, -0.25) is 0 Å². The molecule has 1 atom stereocenters. The third-order valence-corrected chi connectivity index (χ3v) is 3.56. The number of benzene rings is 1. The second kappa shape index (κ2) is 6.19. The third-order valence-electron chi connectivity index (χ3n) is 3.56. The molecule has 0 fully saturated rings. The minimum Gasteiger partial charge on any atom is -0.494 e. The van der Waals surface area contributed by atoms with E-state index in [0.29, 0.717) is 10.1 Å². The molecule has 0 bridgehead atoms. The lowest BCUT2D eigenvalue weighted by Crippen LogP contribution is -2.14. The number of nitrogens with one attached hydrogen (secondary N) is 1. The summed E-state index contributed by atoms with van der Waals surface area (Å²) in [5.41, 5.74) is 0.556. The van der Waals surface area contributed by atoms with Gasteiger partial charge in [-0.1, -0.05) is 6.07 Å². The van der Waals surface area contributed by atoms with Crippen LogP contribution in [0.25, 0.3) is 5.65 Å². The van der Waals surface area contributed by atoms with E-state index in [9.17, 15) is 17.6 Å². The molecular formula is C15H13F4N5O. The fraction of sp³-hybridized carbons (Fsp3) is 0.267. The highest BCUT2D eigenvalue weighted by atomic mass is 19.4. The maximum absolute atomic E-state index is 13.8. The molecule has 1 aromatic carbocycles. The van der Waals surface area contributed by atoms with Crippen LogP contribution in [-0.4, -0.2) is 26.9 Å². The Bertz CT molecular complexity index is 909. The molecule has 0 unspecified atom stereocenters. The number of hydrogen-bond acceptors (Lipinski definition) is 5. The second-order valence-electron chi connectivity index (χ2n) is 5.27. The summed E-state index contributed by atoms with van der Waals surface area (Å²) in [4.78, 5) is 0. The van der Waals surface area contributed by atoms with E-state index in [2.05, 4.69) is 20.6 Å². The van der Waals surface area contributed by atoms with E-state index in [4.69, 9.17) is 4.74 Å².